The minimum atomic E-state index is 0.613. The Kier molecular flexibility index (Phi) is 3.98. The van der Waals surface area contributed by atoms with Crippen LogP contribution in [0.3, 0.4) is 0 Å². The first-order valence-corrected chi connectivity index (χ1v) is 5.51. The molecule has 2 atom stereocenters. The molecule has 1 nitrogen and oxygen atoms in total. The quantitative estimate of drug-likeness (QED) is 0.660. The lowest BCUT2D eigenvalue weighted by Gasteiger charge is -2.29. The Morgan fingerprint density at radius 1 is 1.54 bits per heavy atom. The Hall–Kier alpha value is -0.300. The molecule has 76 valence electrons. The van der Waals surface area contributed by atoms with Crippen molar-refractivity contribution in [2.75, 3.05) is 6.54 Å². The molecule has 0 fully saturated rings. The van der Waals surface area contributed by atoms with E-state index in [4.69, 9.17) is 0 Å². The molecule has 0 aromatic rings. The van der Waals surface area contributed by atoms with E-state index in [9.17, 15) is 0 Å². The number of allylic oxidation sites excluding steroid dienone is 1. The van der Waals surface area contributed by atoms with E-state index >= 15 is 0 Å². The summed E-state index contributed by atoms with van der Waals surface area (Å²) in [6.45, 7) is 10.2. The first-order valence-electron chi connectivity index (χ1n) is 5.51. The molecule has 1 aliphatic rings. The average Bonchev–Trinajstić information content (AvgIpc) is 2.03. The maximum Gasteiger partial charge on any atom is 0.00217 e. The van der Waals surface area contributed by atoms with Gasteiger partial charge in [-0.2, -0.15) is 0 Å². The second-order valence-corrected chi connectivity index (χ2v) is 4.67. The summed E-state index contributed by atoms with van der Waals surface area (Å²) in [7, 11) is 0. The first-order chi connectivity index (χ1) is 6.11. The minimum absolute atomic E-state index is 0.613. The second kappa shape index (κ2) is 4.80. The zero-order chi connectivity index (χ0) is 9.84. The van der Waals surface area contributed by atoms with Gasteiger partial charge < -0.3 is 5.32 Å². The van der Waals surface area contributed by atoms with Crippen LogP contribution in [0.15, 0.2) is 11.6 Å². The van der Waals surface area contributed by atoms with Crippen molar-refractivity contribution in [3.63, 3.8) is 0 Å². The van der Waals surface area contributed by atoms with E-state index in [1.54, 1.807) is 5.57 Å². The lowest BCUT2D eigenvalue weighted by molar-refractivity contribution is 0.341. The van der Waals surface area contributed by atoms with Gasteiger partial charge in [0.15, 0.2) is 0 Å². The summed E-state index contributed by atoms with van der Waals surface area (Å²) in [5.41, 5.74) is 1.59. The maximum absolute atomic E-state index is 3.54. The molecule has 1 aliphatic carbocycles. The monoisotopic (exact) mass is 181 g/mol. The highest BCUT2D eigenvalue weighted by Crippen LogP contribution is 2.29. The number of hydrogen-bond acceptors (Lipinski definition) is 1. The molecule has 1 N–H and O–H groups in total. The van der Waals surface area contributed by atoms with Crippen LogP contribution < -0.4 is 5.32 Å². The Labute approximate surface area is 82.6 Å². The number of rotatable bonds is 3. The summed E-state index contributed by atoms with van der Waals surface area (Å²) in [6, 6.07) is 0.613. The molecule has 0 bridgehead atoms. The van der Waals surface area contributed by atoms with Gasteiger partial charge in [-0.3, -0.25) is 0 Å². The van der Waals surface area contributed by atoms with Gasteiger partial charge in [0.2, 0.25) is 0 Å². The molecule has 0 amide bonds. The summed E-state index contributed by atoms with van der Waals surface area (Å²) < 4.78 is 0. The second-order valence-electron chi connectivity index (χ2n) is 4.67. The van der Waals surface area contributed by atoms with Gasteiger partial charge in [-0.15, -0.1) is 0 Å². The van der Waals surface area contributed by atoms with Crippen LogP contribution in [0, 0.1) is 11.8 Å². The molecule has 13 heavy (non-hydrogen) atoms. The molecule has 0 heterocycles. The van der Waals surface area contributed by atoms with Crippen LogP contribution in [0.4, 0.5) is 0 Å². The summed E-state index contributed by atoms with van der Waals surface area (Å²) >= 11 is 0. The van der Waals surface area contributed by atoms with Crippen molar-refractivity contribution in [3.8, 4) is 0 Å². The molecule has 0 aromatic carbocycles. The van der Waals surface area contributed by atoms with E-state index in [0.717, 1.165) is 18.4 Å². The van der Waals surface area contributed by atoms with Gasteiger partial charge in [0.05, 0.1) is 0 Å². The Bertz CT molecular complexity index is 182. The zero-order valence-electron chi connectivity index (χ0n) is 9.43. The smallest absolute Gasteiger partial charge is 0.00217 e. The van der Waals surface area contributed by atoms with Crippen molar-refractivity contribution in [2.24, 2.45) is 11.8 Å². The Morgan fingerprint density at radius 3 is 2.77 bits per heavy atom. The molecule has 0 radical (unpaired) electrons. The van der Waals surface area contributed by atoms with Crippen molar-refractivity contribution in [1.29, 1.82) is 0 Å². The lowest BCUT2D eigenvalue weighted by atomic mass is 9.80. The zero-order valence-corrected chi connectivity index (χ0v) is 9.43. The van der Waals surface area contributed by atoms with E-state index < -0.39 is 0 Å². The van der Waals surface area contributed by atoms with Gasteiger partial charge in [-0.1, -0.05) is 32.4 Å². The van der Waals surface area contributed by atoms with Crippen LogP contribution in [0.25, 0.3) is 0 Å². The van der Waals surface area contributed by atoms with Crippen LogP contribution in [0.1, 0.15) is 40.5 Å². The van der Waals surface area contributed by atoms with Gasteiger partial charge in [-0.25, -0.2) is 0 Å². The van der Waals surface area contributed by atoms with Gasteiger partial charge >= 0.3 is 0 Å². The molecule has 2 unspecified atom stereocenters. The van der Waals surface area contributed by atoms with Gasteiger partial charge in [0.1, 0.15) is 0 Å². The van der Waals surface area contributed by atoms with Crippen LogP contribution in [-0.4, -0.2) is 12.6 Å². The van der Waals surface area contributed by atoms with Crippen molar-refractivity contribution < 1.29 is 0 Å². The topological polar surface area (TPSA) is 12.0 Å². The third-order valence-electron chi connectivity index (χ3n) is 3.11. The first kappa shape index (κ1) is 10.8. The maximum atomic E-state index is 3.54. The van der Waals surface area contributed by atoms with E-state index in [1.165, 1.54) is 12.8 Å². The van der Waals surface area contributed by atoms with Crippen LogP contribution in [0.2, 0.25) is 0 Å². The van der Waals surface area contributed by atoms with Crippen LogP contribution in [-0.2, 0) is 0 Å². The van der Waals surface area contributed by atoms with E-state index in [2.05, 4.69) is 39.1 Å². The fraction of sp³-hybridized carbons (Fsp3) is 0.833. The fourth-order valence-electron chi connectivity index (χ4n) is 2.10. The van der Waals surface area contributed by atoms with Crippen LogP contribution >= 0.6 is 0 Å². The molecule has 0 aliphatic heterocycles. The largest absolute Gasteiger partial charge is 0.314 e. The molecule has 1 rings (SSSR count). The summed E-state index contributed by atoms with van der Waals surface area (Å²) in [5, 5.41) is 3.54. The predicted molar refractivity (Wildman–Crippen MR) is 58.8 cm³/mol. The van der Waals surface area contributed by atoms with Gasteiger partial charge in [-0.05, 0) is 31.6 Å². The van der Waals surface area contributed by atoms with Crippen LogP contribution in [0.5, 0.6) is 0 Å². The van der Waals surface area contributed by atoms with Crippen molar-refractivity contribution >= 4 is 0 Å². The van der Waals surface area contributed by atoms with Crippen molar-refractivity contribution in [3.05, 3.63) is 11.6 Å². The molecular formula is C12H23N. The summed E-state index contributed by atoms with van der Waals surface area (Å²) in [4.78, 5) is 0. The number of nitrogens with one attached hydrogen (secondary N) is 1. The van der Waals surface area contributed by atoms with E-state index in [0.29, 0.717) is 6.04 Å². The average molecular weight is 181 g/mol. The van der Waals surface area contributed by atoms with E-state index in [-0.39, 0.29) is 0 Å². The standard InChI is InChI=1S/C12H23N/c1-9(2)13-8-12-10(3)6-5-7-11(12)4/h6,9,11-13H,5,7-8H2,1-4H3. The number of hydrogen-bond donors (Lipinski definition) is 1. The Balaban J connectivity index is 2.45. The molecular weight excluding hydrogens is 158 g/mol. The molecule has 0 saturated heterocycles. The normalized spacial score (nSPS) is 29.2. The molecule has 0 aromatic heterocycles. The van der Waals surface area contributed by atoms with Gasteiger partial charge in [0.25, 0.3) is 0 Å². The third kappa shape index (κ3) is 3.15. The van der Waals surface area contributed by atoms with Crippen molar-refractivity contribution in [1.82, 2.24) is 5.32 Å². The van der Waals surface area contributed by atoms with E-state index in [1.807, 2.05) is 0 Å². The highest BCUT2D eigenvalue weighted by Gasteiger charge is 2.21. The van der Waals surface area contributed by atoms with Crippen molar-refractivity contribution in [2.45, 2.75) is 46.6 Å². The lowest BCUT2D eigenvalue weighted by Crippen LogP contribution is -2.33. The fourth-order valence-corrected chi connectivity index (χ4v) is 2.10. The SMILES string of the molecule is CC1=CCCC(C)C1CNC(C)C. The third-order valence-corrected chi connectivity index (χ3v) is 3.11. The van der Waals surface area contributed by atoms with Gasteiger partial charge in [0, 0.05) is 12.6 Å². The Morgan fingerprint density at radius 2 is 2.23 bits per heavy atom. The highest BCUT2D eigenvalue weighted by atomic mass is 14.9. The molecule has 0 spiro atoms. The molecule has 0 saturated carbocycles. The predicted octanol–water partition coefficient (Wildman–Crippen LogP) is 2.98. The highest BCUT2D eigenvalue weighted by molar-refractivity contribution is 5.09. The summed E-state index contributed by atoms with van der Waals surface area (Å²) in [6.07, 6.45) is 5.06. The minimum Gasteiger partial charge on any atom is -0.314 e. The molecule has 1 heteroatoms. The summed E-state index contributed by atoms with van der Waals surface area (Å²) in [5.74, 6) is 1.63.